The predicted octanol–water partition coefficient (Wildman–Crippen LogP) is 1.73. The highest BCUT2D eigenvalue weighted by Crippen LogP contribution is 2.11. The van der Waals surface area contributed by atoms with Gasteiger partial charge in [0.25, 0.3) is 0 Å². The molecule has 0 amide bonds. The number of hydrogen-bond acceptors (Lipinski definition) is 4. The summed E-state index contributed by atoms with van der Waals surface area (Å²) in [5, 5.41) is 0. The molecule has 0 aromatic heterocycles. The molecule has 14 heavy (non-hydrogen) atoms. The zero-order valence-corrected chi connectivity index (χ0v) is 9.37. The van der Waals surface area contributed by atoms with Gasteiger partial charge in [0.15, 0.2) is 0 Å². The monoisotopic (exact) mass is 202 g/mol. The van der Waals surface area contributed by atoms with Crippen LogP contribution in [-0.2, 0) is 19.1 Å². The van der Waals surface area contributed by atoms with Gasteiger partial charge in [0.2, 0.25) is 6.29 Å². The van der Waals surface area contributed by atoms with Crippen LogP contribution in [0.4, 0.5) is 0 Å². The molecule has 4 heteroatoms. The fourth-order valence-corrected chi connectivity index (χ4v) is 0.710. The molecule has 82 valence electrons. The molecule has 0 aliphatic rings. The fourth-order valence-electron chi connectivity index (χ4n) is 0.710. The molecule has 0 N–H and O–H groups in total. The fraction of sp³-hybridized carbons (Fsp3) is 0.800. The van der Waals surface area contributed by atoms with E-state index < -0.39 is 12.3 Å². The molecule has 0 saturated carbocycles. The van der Waals surface area contributed by atoms with Crippen LogP contribution in [0.25, 0.3) is 0 Å². The summed E-state index contributed by atoms with van der Waals surface area (Å²) < 4.78 is 9.85. The van der Waals surface area contributed by atoms with Crippen LogP contribution in [-0.4, -0.2) is 18.2 Å². The van der Waals surface area contributed by atoms with Gasteiger partial charge < -0.3 is 9.47 Å². The summed E-state index contributed by atoms with van der Waals surface area (Å²) in [6.07, 6.45) is -0.776. The standard InChI is InChI=1S/C10H18O4/c1-6(2)9(12)14-10(7(3)4)13-8(5)11/h6-7,10H,1-5H3. The molecule has 0 aliphatic carbocycles. The third-order valence-electron chi connectivity index (χ3n) is 1.53. The van der Waals surface area contributed by atoms with Crippen molar-refractivity contribution in [2.75, 3.05) is 0 Å². The minimum atomic E-state index is -0.776. The van der Waals surface area contributed by atoms with Gasteiger partial charge in [-0.1, -0.05) is 27.7 Å². The van der Waals surface area contributed by atoms with Crippen molar-refractivity contribution in [1.82, 2.24) is 0 Å². The van der Waals surface area contributed by atoms with Gasteiger partial charge in [0.05, 0.1) is 5.92 Å². The first kappa shape index (κ1) is 12.9. The maximum atomic E-state index is 11.2. The maximum absolute atomic E-state index is 11.2. The lowest BCUT2D eigenvalue weighted by atomic mass is 10.2. The molecule has 0 saturated heterocycles. The smallest absolute Gasteiger partial charge is 0.311 e. The van der Waals surface area contributed by atoms with Crippen LogP contribution in [0, 0.1) is 11.8 Å². The van der Waals surface area contributed by atoms with E-state index in [2.05, 4.69) is 0 Å². The van der Waals surface area contributed by atoms with E-state index in [4.69, 9.17) is 9.47 Å². The van der Waals surface area contributed by atoms with Gasteiger partial charge in [0.1, 0.15) is 0 Å². The Morgan fingerprint density at radius 3 is 1.79 bits per heavy atom. The Kier molecular flexibility index (Phi) is 5.20. The average Bonchev–Trinajstić information content (AvgIpc) is 2.01. The van der Waals surface area contributed by atoms with Gasteiger partial charge in [-0.15, -0.1) is 0 Å². The minimum absolute atomic E-state index is 0.0402. The summed E-state index contributed by atoms with van der Waals surface area (Å²) >= 11 is 0. The van der Waals surface area contributed by atoms with Crippen LogP contribution in [0.15, 0.2) is 0 Å². The third-order valence-corrected chi connectivity index (χ3v) is 1.53. The molecule has 0 spiro atoms. The minimum Gasteiger partial charge on any atom is -0.425 e. The number of carbonyl (C=O) groups is 2. The van der Waals surface area contributed by atoms with Crippen molar-refractivity contribution >= 4 is 11.9 Å². The molecule has 0 bridgehead atoms. The highest BCUT2D eigenvalue weighted by Gasteiger charge is 2.22. The number of ether oxygens (including phenoxy) is 2. The highest BCUT2D eigenvalue weighted by atomic mass is 16.7. The zero-order chi connectivity index (χ0) is 11.3. The van der Waals surface area contributed by atoms with Crippen molar-refractivity contribution in [2.24, 2.45) is 11.8 Å². The van der Waals surface area contributed by atoms with Gasteiger partial charge in [-0.05, 0) is 0 Å². The van der Waals surface area contributed by atoms with E-state index in [1.54, 1.807) is 13.8 Å². The summed E-state index contributed by atoms with van der Waals surface area (Å²) in [5.41, 5.74) is 0. The van der Waals surface area contributed by atoms with E-state index in [0.29, 0.717) is 0 Å². The van der Waals surface area contributed by atoms with Crippen molar-refractivity contribution < 1.29 is 19.1 Å². The van der Waals surface area contributed by atoms with Gasteiger partial charge in [0, 0.05) is 12.8 Å². The summed E-state index contributed by atoms with van der Waals surface area (Å²) in [4.78, 5) is 21.9. The van der Waals surface area contributed by atoms with Crippen molar-refractivity contribution in [2.45, 2.75) is 40.9 Å². The molecule has 0 fully saturated rings. The van der Waals surface area contributed by atoms with Crippen molar-refractivity contribution in [3.63, 3.8) is 0 Å². The number of esters is 2. The first-order valence-electron chi connectivity index (χ1n) is 4.72. The molecule has 0 radical (unpaired) electrons. The molecule has 0 heterocycles. The lowest BCUT2D eigenvalue weighted by molar-refractivity contribution is -0.196. The third kappa shape index (κ3) is 4.84. The molecule has 0 rings (SSSR count). The molecule has 0 aliphatic heterocycles. The van der Waals surface area contributed by atoms with Crippen LogP contribution in [0.1, 0.15) is 34.6 Å². The van der Waals surface area contributed by atoms with E-state index in [-0.39, 0.29) is 17.8 Å². The highest BCUT2D eigenvalue weighted by molar-refractivity contribution is 5.72. The van der Waals surface area contributed by atoms with Crippen molar-refractivity contribution in [1.29, 1.82) is 0 Å². The largest absolute Gasteiger partial charge is 0.425 e. The molecular weight excluding hydrogens is 184 g/mol. The Balaban J connectivity index is 4.23. The first-order valence-corrected chi connectivity index (χ1v) is 4.72. The zero-order valence-electron chi connectivity index (χ0n) is 9.37. The average molecular weight is 202 g/mol. The Morgan fingerprint density at radius 2 is 1.50 bits per heavy atom. The first-order chi connectivity index (χ1) is 6.34. The Hall–Kier alpha value is -1.06. The SMILES string of the molecule is CC(=O)OC(OC(=O)C(C)C)C(C)C. The number of rotatable bonds is 4. The molecular formula is C10H18O4. The summed E-state index contributed by atoms with van der Waals surface area (Å²) in [6.45, 7) is 8.39. The molecule has 1 atom stereocenters. The normalized spacial score (nSPS) is 12.8. The van der Waals surface area contributed by atoms with Crippen LogP contribution < -0.4 is 0 Å². The number of carbonyl (C=O) groups excluding carboxylic acids is 2. The van der Waals surface area contributed by atoms with Crippen LogP contribution in [0.2, 0.25) is 0 Å². The van der Waals surface area contributed by atoms with Crippen LogP contribution in [0.5, 0.6) is 0 Å². The topological polar surface area (TPSA) is 52.6 Å². The van der Waals surface area contributed by atoms with Crippen molar-refractivity contribution in [3.05, 3.63) is 0 Å². The second kappa shape index (κ2) is 5.62. The second-order valence-corrected chi connectivity index (χ2v) is 3.81. The van der Waals surface area contributed by atoms with E-state index in [1.807, 2.05) is 13.8 Å². The number of hydrogen-bond donors (Lipinski definition) is 0. The predicted molar refractivity (Wildman–Crippen MR) is 51.3 cm³/mol. The Bertz CT molecular complexity index is 208. The van der Waals surface area contributed by atoms with Gasteiger partial charge in [-0.25, -0.2) is 0 Å². The lowest BCUT2D eigenvalue weighted by Gasteiger charge is -2.21. The lowest BCUT2D eigenvalue weighted by Crippen LogP contribution is -2.30. The second-order valence-electron chi connectivity index (χ2n) is 3.81. The molecule has 0 aromatic carbocycles. The van der Waals surface area contributed by atoms with Crippen molar-refractivity contribution in [3.8, 4) is 0 Å². The molecule has 4 nitrogen and oxygen atoms in total. The van der Waals surface area contributed by atoms with Gasteiger partial charge in [-0.2, -0.15) is 0 Å². The summed E-state index contributed by atoms with van der Waals surface area (Å²) in [5.74, 6) is -1.06. The Morgan fingerprint density at radius 1 is 1.00 bits per heavy atom. The van der Waals surface area contributed by atoms with E-state index in [1.165, 1.54) is 6.92 Å². The summed E-state index contributed by atoms with van der Waals surface area (Å²) in [6, 6.07) is 0. The summed E-state index contributed by atoms with van der Waals surface area (Å²) in [7, 11) is 0. The van der Waals surface area contributed by atoms with E-state index >= 15 is 0 Å². The molecule has 0 aromatic rings. The maximum Gasteiger partial charge on any atom is 0.311 e. The molecule has 1 unspecified atom stereocenters. The van der Waals surface area contributed by atoms with Gasteiger partial charge >= 0.3 is 11.9 Å². The van der Waals surface area contributed by atoms with Crippen LogP contribution >= 0.6 is 0 Å². The van der Waals surface area contributed by atoms with Crippen LogP contribution in [0.3, 0.4) is 0 Å². The van der Waals surface area contributed by atoms with E-state index in [0.717, 1.165) is 0 Å². The van der Waals surface area contributed by atoms with E-state index in [9.17, 15) is 9.59 Å². The Labute approximate surface area is 84.6 Å². The van der Waals surface area contributed by atoms with Gasteiger partial charge in [-0.3, -0.25) is 9.59 Å². The quantitative estimate of drug-likeness (QED) is 0.514.